The minimum absolute atomic E-state index is 0.802. The van der Waals surface area contributed by atoms with Crippen LogP contribution in [0.15, 0.2) is 0 Å². The lowest BCUT2D eigenvalue weighted by Gasteiger charge is -2.41. The van der Waals surface area contributed by atoms with Crippen LogP contribution in [0.25, 0.3) is 0 Å². The molecule has 0 bridgehead atoms. The van der Waals surface area contributed by atoms with Crippen molar-refractivity contribution in [3.8, 4) is 0 Å². The molecule has 10 heavy (non-hydrogen) atoms. The maximum absolute atomic E-state index is 3.62. The van der Waals surface area contributed by atoms with E-state index in [0.29, 0.717) is 0 Å². The fourth-order valence-corrected chi connectivity index (χ4v) is 2.13. The van der Waals surface area contributed by atoms with Gasteiger partial charge in [-0.3, -0.25) is 0 Å². The molecule has 0 atom stereocenters. The first-order valence-electron chi connectivity index (χ1n) is 3.87. The molecule has 2 rings (SSSR count). The van der Waals surface area contributed by atoms with Crippen LogP contribution < -0.4 is 5.32 Å². The Morgan fingerprint density at radius 3 is 2.40 bits per heavy atom. The zero-order chi connectivity index (χ0) is 6.97. The van der Waals surface area contributed by atoms with Crippen LogP contribution in [0.3, 0.4) is 0 Å². The smallest absolute Gasteiger partial charge is 0.0325 e. The highest BCUT2D eigenvalue weighted by Crippen LogP contribution is 2.19. The van der Waals surface area contributed by atoms with Crippen molar-refractivity contribution in [3.05, 3.63) is 0 Å². The standard InChI is InChI=1S/C7H14N2S/c1-9-2-6(3-9)8-7-4-10-5-7/h6-8H,2-5H2,1H3. The molecule has 58 valence electrons. The maximum atomic E-state index is 3.62. The van der Waals surface area contributed by atoms with Crippen LogP contribution in [-0.4, -0.2) is 48.6 Å². The predicted octanol–water partition coefficient (Wildman–Crippen LogP) is 0.00540. The summed E-state index contributed by atoms with van der Waals surface area (Å²) >= 11 is 2.05. The van der Waals surface area contributed by atoms with Gasteiger partial charge in [0.15, 0.2) is 0 Å². The first-order valence-corrected chi connectivity index (χ1v) is 5.02. The van der Waals surface area contributed by atoms with E-state index in [1.54, 1.807) is 0 Å². The van der Waals surface area contributed by atoms with E-state index in [9.17, 15) is 0 Å². The van der Waals surface area contributed by atoms with Gasteiger partial charge in [0, 0.05) is 36.7 Å². The third-order valence-corrected chi connectivity index (χ3v) is 3.45. The number of likely N-dealkylation sites (N-methyl/N-ethyl adjacent to an activating group) is 1. The first kappa shape index (κ1) is 6.95. The third kappa shape index (κ3) is 1.31. The topological polar surface area (TPSA) is 15.3 Å². The van der Waals surface area contributed by atoms with E-state index in [-0.39, 0.29) is 0 Å². The Morgan fingerprint density at radius 1 is 1.30 bits per heavy atom. The van der Waals surface area contributed by atoms with Crippen molar-refractivity contribution in [2.75, 3.05) is 31.6 Å². The highest BCUT2D eigenvalue weighted by atomic mass is 32.2. The minimum Gasteiger partial charge on any atom is -0.307 e. The quantitative estimate of drug-likeness (QED) is 0.609. The molecule has 2 saturated heterocycles. The lowest BCUT2D eigenvalue weighted by molar-refractivity contribution is 0.155. The summed E-state index contributed by atoms with van der Waals surface area (Å²) in [5.41, 5.74) is 0. The average Bonchev–Trinajstić information content (AvgIpc) is 1.72. The molecule has 0 radical (unpaired) electrons. The largest absolute Gasteiger partial charge is 0.307 e. The van der Waals surface area contributed by atoms with Gasteiger partial charge in [-0.1, -0.05) is 0 Å². The monoisotopic (exact) mass is 158 g/mol. The van der Waals surface area contributed by atoms with Crippen LogP contribution in [0.2, 0.25) is 0 Å². The number of hydrogen-bond acceptors (Lipinski definition) is 3. The summed E-state index contributed by atoms with van der Waals surface area (Å²) in [6.45, 7) is 2.50. The van der Waals surface area contributed by atoms with E-state index in [1.165, 1.54) is 24.6 Å². The molecule has 2 fully saturated rings. The Kier molecular flexibility index (Phi) is 1.89. The molecule has 0 amide bonds. The Hall–Kier alpha value is 0.270. The van der Waals surface area contributed by atoms with Gasteiger partial charge in [0.1, 0.15) is 0 Å². The molecule has 1 N–H and O–H groups in total. The average molecular weight is 158 g/mol. The van der Waals surface area contributed by atoms with Crippen molar-refractivity contribution in [1.29, 1.82) is 0 Å². The second-order valence-electron chi connectivity index (χ2n) is 3.32. The maximum Gasteiger partial charge on any atom is 0.0325 e. The predicted molar refractivity (Wildman–Crippen MR) is 45.5 cm³/mol. The normalized spacial score (nSPS) is 29.7. The first-order chi connectivity index (χ1) is 4.84. The van der Waals surface area contributed by atoms with Gasteiger partial charge in [0.25, 0.3) is 0 Å². The summed E-state index contributed by atoms with van der Waals surface area (Å²) < 4.78 is 0. The molecule has 0 aliphatic carbocycles. The molecular weight excluding hydrogens is 144 g/mol. The molecule has 0 aromatic heterocycles. The van der Waals surface area contributed by atoms with Crippen molar-refractivity contribution >= 4 is 11.8 Å². The third-order valence-electron chi connectivity index (χ3n) is 2.17. The van der Waals surface area contributed by atoms with E-state index >= 15 is 0 Å². The van der Waals surface area contributed by atoms with Crippen molar-refractivity contribution in [3.63, 3.8) is 0 Å². The molecule has 0 aromatic rings. The fourth-order valence-electron chi connectivity index (χ4n) is 1.47. The molecule has 2 aliphatic rings. The Labute approximate surface area is 66.4 Å². The van der Waals surface area contributed by atoms with E-state index in [0.717, 1.165) is 12.1 Å². The van der Waals surface area contributed by atoms with Gasteiger partial charge in [-0.25, -0.2) is 0 Å². The molecule has 2 heterocycles. The number of hydrogen-bond donors (Lipinski definition) is 1. The Morgan fingerprint density at radius 2 is 2.00 bits per heavy atom. The number of nitrogens with zero attached hydrogens (tertiary/aromatic N) is 1. The van der Waals surface area contributed by atoms with Gasteiger partial charge in [0.05, 0.1) is 0 Å². The van der Waals surface area contributed by atoms with Gasteiger partial charge in [0.2, 0.25) is 0 Å². The van der Waals surface area contributed by atoms with Crippen LogP contribution in [0.4, 0.5) is 0 Å². The zero-order valence-electron chi connectivity index (χ0n) is 6.34. The highest BCUT2D eigenvalue weighted by Gasteiger charge is 2.27. The van der Waals surface area contributed by atoms with Crippen molar-refractivity contribution in [2.24, 2.45) is 0 Å². The van der Waals surface area contributed by atoms with E-state index < -0.39 is 0 Å². The summed E-state index contributed by atoms with van der Waals surface area (Å²) in [6.07, 6.45) is 0. The van der Waals surface area contributed by atoms with Gasteiger partial charge in [-0.2, -0.15) is 11.8 Å². The van der Waals surface area contributed by atoms with Gasteiger partial charge in [-0.05, 0) is 7.05 Å². The summed E-state index contributed by atoms with van der Waals surface area (Å²) in [5.74, 6) is 2.67. The Balaban J connectivity index is 1.62. The van der Waals surface area contributed by atoms with E-state index in [4.69, 9.17) is 0 Å². The van der Waals surface area contributed by atoms with Gasteiger partial charge < -0.3 is 10.2 Å². The summed E-state index contributed by atoms with van der Waals surface area (Å²) in [7, 11) is 2.17. The van der Waals surface area contributed by atoms with Crippen LogP contribution in [0.1, 0.15) is 0 Å². The number of rotatable bonds is 2. The van der Waals surface area contributed by atoms with Crippen LogP contribution in [-0.2, 0) is 0 Å². The number of thioether (sulfide) groups is 1. The Bertz CT molecular complexity index is 119. The van der Waals surface area contributed by atoms with Gasteiger partial charge >= 0.3 is 0 Å². The fraction of sp³-hybridized carbons (Fsp3) is 1.00. The van der Waals surface area contributed by atoms with Crippen LogP contribution >= 0.6 is 11.8 Å². The van der Waals surface area contributed by atoms with Crippen LogP contribution in [0.5, 0.6) is 0 Å². The second-order valence-corrected chi connectivity index (χ2v) is 4.39. The molecule has 0 spiro atoms. The van der Waals surface area contributed by atoms with Crippen molar-refractivity contribution in [2.45, 2.75) is 12.1 Å². The number of nitrogens with one attached hydrogen (secondary N) is 1. The van der Waals surface area contributed by atoms with E-state index in [1.807, 2.05) is 11.8 Å². The SMILES string of the molecule is CN1CC(NC2CSC2)C1. The molecule has 2 aliphatic heterocycles. The molecule has 0 saturated carbocycles. The molecule has 0 aromatic carbocycles. The van der Waals surface area contributed by atoms with Gasteiger partial charge in [-0.15, -0.1) is 0 Å². The van der Waals surface area contributed by atoms with Crippen molar-refractivity contribution in [1.82, 2.24) is 10.2 Å². The van der Waals surface area contributed by atoms with Crippen molar-refractivity contribution < 1.29 is 0 Å². The molecule has 3 heteroatoms. The lowest BCUT2D eigenvalue weighted by atomic mass is 10.1. The minimum atomic E-state index is 0.802. The molecule has 0 unspecified atom stereocenters. The van der Waals surface area contributed by atoms with Crippen LogP contribution in [0, 0.1) is 0 Å². The summed E-state index contributed by atoms with van der Waals surface area (Å²) in [6, 6.07) is 1.64. The summed E-state index contributed by atoms with van der Waals surface area (Å²) in [5, 5.41) is 3.62. The number of likely N-dealkylation sites (tertiary alicyclic amines) is 1. The summed E-state index contributed by atoms with van der Waals surface area (Å²) in [4.78, 5) is 2.35. The second kappa shape index (κ2) is 2.72. The zero-order valence-corrected chi connectivity index (χ0v) is 7.16. The lowest BCUT2D eigenvalue weighted by Crippen LogP contribution is -2.60. The van der Waals surface area contributed by atoms with E-state index in [2.05, 4.69) is 17.3 Å². The molecule has 2 nitrogen and oxygen atoms in total. The highest BCUT2D eigenvalue weighted by molar-refractivity contribution is 8.00. The molecular formula is C7H14N2S.